The summed E-state index contributed by atoms with van der Waals surface area (Å²) in [5, 5.41) is 1.53. The third-order valence-corrected chi connectivity index (χ3v) is 9.02. The van der Waals surface area contributed by atoms with Gasteiger partial charge in [-0.2, -0.15) is 25.3 Å². The van der Waals surface area contributed by atoms with Gasteiger partial charge in [-0.1, -0.05) is 0 Å². The van der Waals surface area contributed by atoms with E-state index in [4.69, 9.17) is 25.3 Å². The van der Waals surface area contributed by atoms with E-state index in [2.05, 4.69) is 0 Å². The lowest BCUT2D eigenvalue weighted by atomic mass is 9.72. The van der Waals surface area contributed by atoms with Gasteiger partial charge in [0.15, 0.2) is 0 Å². The molecular formula is C15H22S2. The molecule has 10 unspecified atom stereocenters. The Labute approximate surface area is 115 Å². The summed E-state index contributed by atoms with van der Waals surface area (Å²) in [6.45, 7) is 0. The highest BCUT2D eigenvalue weighted by Crippen LogP contribution is 2.72. The van der Waals surface area contributed by atoms with Crippen LogP contribution in [0.25, 0.3) is 0 Å². The van der Waals surface area contributed by atoms with Crippen molar-refractivity contribution >= 4 is 25.3 Å². The van der Waals surface area contributed by atoms with Crippen LogP contribution in [0.4, 0.5) is 0 Å². The van der Waals surface area contributed by atoms with Crippen LogP contribution in [0.2, 0.25) is 0 Å². The van der Waals surface area contributed by atoms with E-state index in [1.54, 1.807) is 6.42 Å². The molecule has 2 heteroatoms. The molecule has 5 aliphatic rings. The first kappa shape index (κ1) is 10.5. The molecule has 17 heavy (non-hydrogen) atoms. The monoisotopic (exact) mass is 266 g/mol. The Morgan fingerprint density at radius 1 is 0.529 bits per heavy atom. The fraction of sp³-hybridized carbons (Fsp3) is 1.00. The summed E-state index contributed by atoms with van der Waals surface area (Å²) >= 11 is 9.91. The smallest absolute Gasteiger partial charge is 0.00789 e. The van der Waals surface area contributed by atoms with Gasteiger partial charge < -0.3 is 0 Å². The van der Waals surface area contributed by atoms with Gasteiger partial charge in [-0.3, -0.25) is 0 Å². The highest BCUT2D eigenvalue weighted by Gasteiger charge is 2.67. The van der Waals surface area contributed by atoms with Crippen LogP contribution in [0.1, 0.15) is 32.1 Å². The van der Waals surface area contributed by atoms with Crippen LogP contribution >= 0.6 is 25.3 Å². The Morgan fingerprint density at radius 2 is 0.941 bits per heavy atom. The van der Waals surface area contributed by atoms with Gasteiger partial charge in [0.25, 0.3) is 0 Å². The van der Waals surface area contributed by atoms with E-state index in [0.29, 0.717) is 0 Å². The molecule has 94 valence electrons. The maximum Gasteiger partial charge on any atom is 0.00789 e. The van der Waals surface area contributed by atoms with Crippen LogP contribution in [0.3, 0.4) is 0 Å². The maximum absolute atomic E-state index is 4.95. The first-order valence-electron chi connectivity index (χ1n) is 7.63. The van der Waals surface area contributed by atoms with E-state index in [1.165, 1.54) is 25.7 Å². The van der Waals surface area contributed by atoms with Gasteiger partial charge in [0, 0.05) is 10.5 Å². The van der Waals surface area contributed by atoms with Crippen molar-refractivity contribution in [2.45, 2.75) is 42.6 Å². The van der Waals surface area contributed by atoms with Crippen LogP contribution in [-0.2, 0) is 0 Å². The second-order valence-corrected chi connectivity index (χ2v) is 8.70. The Kier molecular flexibility index (Phi) is 1.99. The minimum atomic E-state index is 0.767. The van der Waals surface area contributed by atoms with Crippen molar-refractivity contribution < 1.29 is 0 Å². The van der Waals surface area contributed by atoms with Crippen LogP contribution in [0, 0.1) is 47.3 Å². The van der Waals surface area contributed by atoms with E-state index in [-0.39, 0.29) is 0 Å². The third kappa shape index (κ3) is 1.05. The molecule has 4 bridgehead atoms. The second kappa shape index (κ2) is 3.23. The lowest BCUT2D eigenvalue weighted by molar-refractivity contribution is 0.154. The molecule has 5 fully saturated rings. The lowest BCUT2D eigenvalue weighted by Crippen LogP contribution is -2.28. The Hall–Kier alpha value is 0.700. The fourth-order valence-electron chi connectivity index (χ4n) is 7.19. The minimum absolute atomic E-state index is 0.767. The SMILES string of the molecule is SC1C2CCC1C1C2CC2C3CCC(C3S)C21. The normalized spacial score (nSPS) is 70.9. The molecule has 0 saturated heterocycles. The van der Waals surface area contributed by atoms with E-state index in [1.807, 2.05) is 0 Å². The number of hydrogen-bond acceptors (Lipinski definition) is 2. The van der Waals surface area contributed by atoms with Crippen molar-refractivity contribution in [3.8, 4) is 0 Å². The highest BCUT2D eigenvalue weighted by atomic mass is 32.1. The molecule has 0 aromatic heterocycles. The molecule has 5 rings (SSSR count). The van der Waals surface area contributed by atoms with Gasteiger partial charge in [-0.25, -0.2) is 0 Å². The van der Waals surface area contributed by atoms with E-state index < -0.39 is 0 Å². The summed E-state index contributed by atoms with van der Waals surface area (Å²) < 4.78 is 0. The molecule has 0 radical (unpaired) electrons. The van der Waals surface area contributed by atoms with Crippen molar-refractivity contribution in [3.63, 3.8) is 0 Å². The molecule has 0 nitrogen and oxygen atoms in total. The Morgan fingerprint density at radius 3 is 1.41 bits per heavy atom. The number of rotatable bonds is 0. The molecule has 0 heterocycles. The quantitative estimate of drug-likeness (QED) is 0.616. The highest BCUT2D eigenvalue weighted by molar-refractivity contribution is 7.81. The molecule has 0 aliphatic heterocycles. The van der Waals surface area contributed by atoms with Gasteiger partial charge in [-0.05, 0) is 79.4 Å². The fourth-order valence-corrected chi connectivity index (χ4v) is 8.62. The van der Waals surface area contributed by atoms with Crippen molar-refractivity contribution in [1.29, 1.82) is 0 Å². The summed E-state index contributed by atoms with van der Waals surface area (Å²) in [4.78, 5) is 0. The zero-order valence-corrected chi connectivity index (χ0v) is 12.0. The average molecular weight is 266 g/mol. The number of fused-ring (bicyclic) bond motifs is 11. The van der Waals surface area contributed by atoms with Crippen molar-refractivity contribution in [3.05, 3.63) is 0 Å². The molecular weight excluding hydrogens is 244 g/mol. The number of thiol groups is 2. The van der Waals surface area contributed by atoms with E-state index >= 15 is 0 Å². The van der Waals surface area contributed by atoms with Crippen LogP contribution in [-0.4, -0.2) is 10.5 Å². The van der Waals surface area contributed by atoms with E-state index in [9.17, 15) is 0 Å². The Balaban J connectivity index is 1.55. The standard InChI is InChI=1S/C15H22S2/c16-14-6-1-3-8(14)12-10(6)5-11-7-2-4-9(13(11)12)15(7)17/h6-17H,1-5H2. The first-order valence-corrected chi connectivity index (χ1v) is 8.67. The molecule has 0 spiro atoms. The van der Waals surface area contributed by atoms with Crippen LogP contribution in [0.5, 0.6) is 0 Å². The summed E-state index contributed by atoms with van der Waals surface area (Å²) in [6.07, 6.45) is 7.56. The molecule has 0 aromatic carbocycles. The van der Waals surface area contributed by atoms with Crippen LogP contribution < -0.4 is 0 Å². The molecule has 0 amide bonds. The van der Waals surface area contributed by atoms with Gasteiger partial charge in [-0.15, -0.1) is 0 Å². The third-order valence-electron chi connectivity index (χ3n) is 7.49. The van der Waals surface area contributed by atoms with Gasteiger partial charge in [0.2, 0.25) is 0 Å². The zero-order valence-electron chi connectivity index (χ0n) is 10.2. The molecule has 5 saturated carbocycles. The molecule has 0 aromatic rings. The molecule has 5 aliphatic carbocycles. The summed E-state index contributed by atoms with van der Waals surface area (Å²) in [5.41, 5.74) is 0. The predicted octanol–water partition coefficient (Wildman–Crippen LogP) is 3.53. The molecule has 10 atom stereocenters. The molecule has 0 N–H and O–H groups in total. The van der Waals surface area contributed by atoms with Gasteiger partial charge >= 0.3 is 0 Å². The van der Waals surface area contributed by atoms with E-state index in [0.717, 1.165) is 57.8 Å². The number of hydrogen-bond donors (Lipinski definition) is 2. The summed E-state index contributed by atoms with van der Waals surface area (Å²) in [5.74, 6) is 8.28. The second-order valence-electron chi connectivity index (χ2n) is 7.51. The van der Waals surface area contributed by atoms with Crippen molar-refractivity contribution in [2.75, 3.05) is 0 Å². The van der Waals surface area contributed by atoms with Crippen molar-refractivity contribution in [1.82, 2.24) is 0 Å². The topological polar surface area (TPSA) is 0 Å². The zero-order chi connectivity index (χ0) is 11.3. The predicted molar refractivity (Wildman–Crippen MR) is 76.6 cm³/mol. The largest absolute Gasteiger partial charge is 0.175 e. The first-order chi connectivity index (χ1) is 8.27. The summed E-state index contributed by atoms with van der Waals surface area (Å²) in [6, 6.07) is 0. The lowest BCUT2D eigenvalue weighted by Gasteiger charge is -2.33. The minimum Gasteiger partial charge on any atom is -0.175 e. The Bertz CT molecular complexity index is 334. The van der Waals surface area contributed by atoms with Crippen LogP contribution in [0.15, 0.2) is 0 Å². The average Bonchev–Trinajstić information content (AvgIpc) is 3.05. The summed E-state index contributed by atoms with van der Waals surface area (Å²) in [7, 11) is 0. The van der Waals surface area contributed by atoms with Gasteiger partial charge in [0.05, 0.1) is 0 Å². The van der Waals surface area contributed by atoms with Gasteiger partial charge in [0.1, 0.15) is 0 Å². The van der Waals surface area contributed by atoms with Crippen molar-refractivity contribution in [2.24, 2.45) is 47.3 Å². The maximum atomic E-state index is 4.95.